The van der Waals surface area contributed by atoms with Gasteiger partial charge in [0.15, 0.2) is 5.51 Å². The van der Waals surface area contributed by atoms with Crippen molar-refractivity contribution in [3.8, 4) is 11.3 Å². The second-order valence-corrected chi connectivity index (χ2v) is 4.41. The molecule has 0 spiro atoms. The fourth-order valence-corrected chi connectivity index (χ4v) is 2.04. The minimum atomic E-state index is 0.640. The minimum Gasteiger partial charge on any atom is -0.233 e. The van der Waals surface area contributed by atoms with E-state index < -0.39 is 0 Å². The molecule has 77 valence electrons. The molecule has 0 fully saturated rings. The van der Waals surface area contributed by atoms with E-state index in [1.54, 1.807) is 0 Å². The number of hydrogen-bond acceptors (Lipinski definition) is 2. The first-order valence-corrected chi connectivity index (χ1v) is 6.11. The molecule has 0 saturated carbocycles. The van der Waals surface area contributed by atoms with Crippen LogP contribution in [0.1, 0.15) is 31.7 Å². The summed E-state index contributed by atoms with van der Waals surface area (Å²) in [5.74, 6) is 0.640. The van der Waals surface area contributed by atoms with Crippen molar-refractivity contribution < 1.29 is 0 Å². The van der Waals surface area contributed by atoms with Gasteiger partial charge in [-0.2, -0.15) is 0 Å². The maximum Gasteiger partial charge on any atom is 0.152 e. The van der Waals surface area contributed by atoms with Crippen molar-refractivity contribution in [2.45, 2.75) is 26.2 Å². The molecular weight excluding hydrogens is 202 g/mol. The highest BCUT2D eigenvalue weighted by atomic mass is 32.1. The Hall–Kier alpha value is -1.15. The summed E-state index contributed by atoms with van der Waals surface area (Å²) in [7, 11) is 0. The fourth-order valence-electron chi connectivity index (χ4n) is 1.53. The van der Waals surface area contributed by atoms with Gasteiger partial charge in [-0.3, -0.25) is 0 Å². The molecule has 1 aromatic carbocycles. The van der Waals surface area contributed by atoms with E-state index in [9.17, 15) is 0 Å². The molecule has 1 aromatic heterocycles. The molecule has 2 aromatic rings. The topological polar surface area (TPSA) is 12.9 Å². The van der Waals surface area contributed by atoms with Gasteiger partial charge in [0.1, 0.15) is 0 Å². The molecule has 1 nitrogen and oxygen atoms in total. The summed E-state index contributed by atoms with van der Waals surface area (Å²) in [5.41, 5.74) is 6.48. The lowest BCUT2D eigenvalue weighted by molar-refractivity contribution is 0.734. The van der Waals surface area contributed by atoms with Gasteiger partial charge in [-0.05, 0) is 17.9 Å². The molecule has 0 aliphatic rings. The zero-order valence-electron chi connectivity index (χ0n) is 9.03. The summed E-state index contributed by atoms with van der Waals surface area (Å²) in [6.45, 7) is 4.47. The van der Waals surface area contributed by atoms with Gasteiger partial charge < -0.3 is 0 Å². The van der Waals surface area contributed by atoms with Crippen LogP contribution in [0.15, 0.2) is 29.6 Å². The van der Waals surface area contributed by atoms with Crippen molar-refractivity contribution in [1.82, 2.24) is 4.98 Å². The SMILES string of the molecule is CCC(C)c1ccc(-c2cs[c]n2)cc1. The average molecular weight is 216 g/mol. The van der Waals surface area contributed by atoms with Crippen molar-refractivity contribution >= 4 is 11.3 Å². The monoisotopic (exact) mass is 216 g/mol. The zero-order valence-corrected chi connectivity index (χ0v) is 9.84. The van der Waals surface area contributed by atoms with Crippen LogP contribution in [0.25, 0.3) is 11.3 Å². The third-order valence-corrected chi connectivity index (χ3v) is 3.32. The molecule has 0 N–H and O–H groups in total. The standard InChI is InChI=1S/C13H14NS/c1-3-10(2)11-4-6-12(7-5-11)13-8-15-9-14-13/h4-8,10H,3H2,1-2H3. The summed E-state index contributed by atoms with van der Waals surface area (Å²) in [6, 6.07) is 8.68. The van der Waals surface area contributed by atoms with E-state index in [0.717, 1.165) is 5.69 Å². The van der Waals surface area contributed by atoms with Crippen molar-refractivity contribution in [2.24, 2.45) is 0 Å². The van der Waals surface area contributed by atoms with Crippen LogP contribution in [0, 0.1) is 5.51 Å². The zero-order chi connectivity index (χ0) is 10.7. The second-order valence-electron chi connectivity index (χ2n) is 3.76. The summed E-state index contributed by atoms with van der Waals surface area (Å²) in [5, 5.41) is 2.03. The largest absolute Gasteiger partial charge is 0.233 e. The minimum absolute atomic E-state index is 0.640. The van der Waals surface area contributed by atoms with E-state index >= 15 is 0 Å². The van der Waals surface area contributed by atoms with E-state index in [4.69, 9.17) is 0 Å². The normalized spacial score (nSPS) is 12.7. The second kappa shape index (κ2) is 4.58. The van der Waals surface area contributed by atoms with E-state index in [2.05, 4.69) is 48.6 Å². The first kappa shape index (κ1) is 10.4. The number of thiazole rings is 1. The fraction of sp³-hybridized carbons (Fsp3) is 0.308. The van der Waals surface area contributed by atoms with Crippen molar-refractivity contribution in [2.75, 3.05) is 0 Å². The average Bonchev–Trinajstić information content (AvgIpc) is 2.82. The van der Waals surface area contributed by atoms with E-state index in [0.29, 0.717) is 5.92 Å². The first-order valence-electron chi connectivity index (χ1n) is 5.23. The third kappa shape index (κ3) is 2.26. The molecule has 0 aliphatic heterocycles. The highest BCUT2D eigenvalue weighted by molar-refractivity contribution is 7.07. The Morgan fingerprint density at radius 3 is 2.60 bits per heavy atom. The highest BCUT2D eigenvalue weighted by Crippen LogP contribution is 2.23. The molecular formula is C13H14NS. The molecule has 2 rings (SSSR count). The predicted octanol–water partition coefficient (Wildman–Crippen LogP) is 4.12. The van der Waals surface area contributed by atoms with Crippen LogP contribution < -0.4 is 0 Å². The van der Waals surface area contributed by atoms with Crippen LogP contribution in [0.3, 0.4) is 0 Å². The predicted molar refractivity (Wildman–Crippen MR) is 65.1 cm³/mol. The van der Waals surface area contributed by atoms with Crippen molar-refractivity contribution in [1.29, 1.82) is 0 Å². The highest BCUT2D eigenvalue weighted by Gasteiger charge is 2.04. The number of hydrogen-bond donors (Lipinski definition) is 0. The van der Waals surface area contributed by atoms with Crippen LogP contribution in [-0.2, 0) is 0 Å². The molecule has 1 heterocycles. The van der Waals surface area contributed by atoms with Gasteiger partial charge in [-0.25, -0.2) is 4.98 Å². The Bertz CT molecular complexity index is 403. The van der Waals surface area contributed by atoms with Crippen LogP contribution in [0.5, 0.6) is 0 Å². The van der Waals surface area contributed by atoms with Gasteiger partial charge in [0.2, 0.25) is 0 Å². The molecule has 2 heteroatoms. The quantitative estimate of drug-likeness (QED) is 0.752. The lowest BCUT2D eigenvalue weighted by atomic mass is 9.97. The van der Waals surface area contributed by atoms with Gasteiger partial charge in [0.25, 0.3) is 0 Å². The Kier molecular flexibility index (Phi) is 3.17. The summed E-state index contributed by atoms with van der Waals surface area (Å²) in [4.78, 5) is 4.17. The molecule has 15 heavy (non-hydrogen) atoms. The Labute approximate surface area is 94.8 Å². The van der Waals surface area contributed by atoms with Crippen molar-refractivity contribution in [3.05, 3.63) is 40.7 Å². The molecule has 0 bridgehead atoms. The number of benzene rings is 1. The third-order valence-electron chi connectivity index (χ3n) is 2.78. The molecule has 0 saturated heterocycles. The molecule has 1 atom stereocenters. The number of rotatable bonds is 3. The van der Waals surface area contributed by atoms with E-state index in [-0.39, 0.29) is 0 Å². The lowest BCUT2D eigenvalue weighted by Crippen LogP contribution is -1.90. The number of aromatic nitrogens is 1. The Balaban J connectivity index is 2.25. The smallest absolute Gasteiger partial charge is 0.152 e. The number of nitrogens with zero attached hydrogens (tertiary/aromatic N) is 1. The molecule has 0 amide bonds. The van der Waals surface area contributed by atoms with Gasteiger partial charge >= 0.3 is 0 Å². The van der Waals surface area contributed by atoms with Gasteiger partial charge in [0, 0.05) is 10.9 Å². The Morgan fingerprint density at radius 2 is 2.07 bits per heavy atom. The van der Waals surface area contributed by atoms with Gasteiger partial charge in [-0.15, -0.1) is 11.3 Å². The van der Waals surface area contributed by atoms with E-state index in [1.165, 1.54) is 28.9 Å². The van der Waals surface area contributed by atoms with Crippen LogP contribution in [0.2, 0.25) is 0 Å². The van der Waals surface area contributed by atoms with E-state index in [1.807, 2.05) is 5.38 Å². The molecule has 0 aliphatic carbocycles. The summed E-state index contributed by atoms with van der Waals surface area (Å²) >= 11 is 1.51. The maximum atomic E-state index is 4.17. The van der Waals surface area contributed by atoms with Gasteiger partial charge in [-0.1, -0.05) is 38.1 Å². The van der Waals surface area contributed by atoms with Crippen LogP contribution in [-0.4, -0.2) is 4.98 Å². The maximum absolute atomic E-state index is 4.17. The van der Waals surface area contributed by atoms with Gasteiger partial charge in [0.05, 0.1) is 5.69 Å². The lowest BCUT2D eigenvalue weighted by Gasteiger charge is -2.08. The summed E-state index contributed by atoms with van der Waals surface area (Å²) in [6.07, 6.45) is 1.18. The molecule has 1 unspecified atom stereocenters. The Morgan fingerprint density at radius 1 is 1.33 bits per heavy atom. The van der Waals surface area contributed by atoms with Crippen LogP contribution >= 0.6 is 11.3 Å². The molecule has 1 radical (unpaired) electrons. The van der Waals surface area contributed by atoms with Crippen LogP contribution in [0.4, 0.5) is 0 Å². The van der Waals surface area contributed by atoms with Crippen molar-refractivity contribution in [3.63, 3.8) is 0 Å². The summed E-state index contributed by atoms with van der Waals surface area (Å²) < 4.78 is 0. The first-order chi connectivity index (χ1) is 7.31.